The van der Waals surface area contributed by atoms with Gasteiger partial charge in [-0.15, -0.1) is 0 Å². The molecule has 2 N–H and O–H groups in total. The molecule has 1 aromatic heterocycles. The molecule has 1 aromatic rings. The predicted molar refractivity (Wildman–Crippen MR) is 85.0 cm³/mol. The first-order valence-electron chi connectivity index (χ1n) is 7.63. The number of aromatic nitrogens is 2. The number of nitrogens with one attached hydrogen (secondary N) is 2. The van der Waals surface area contributed by atoms with E-state index in [2.05, 4.69) is 25.5 Å². The topological polar surface area (TPSA) is 79.4 Å². The van der Waals surface area contributed by atoms with Gasteiger partial charge in [-0.1, -0.05) is 0 Å². The van der Waals surface area contributed by atoms with E-state index in [0.29, 0.717) is 11.6 Å². The first-order valence-corrected chi connectivity index (χ1v) is 7.63. The Labute approximate surface area is 131 Å². The van der Waals surface area contributed by atoms with Crippen LogP contribution in [0.2, 0.25) is 0 Å². The van der Waals surface area contributed by atoms with Gasteiger partial charge in [0.2, 0.25) is 5.95 Å². The third kappa shape index (κ3) is 5.57. The highest BCUT2D eigenvalue weighted by atomic mass is 16.5. The average molecular weight is 307 g/mol. The van der Waals surface area contributed by atoms with E-state index >= 15 is 0 Å². The van der Waals surface area contributed by atoms with E-state index in [0.717, 1.165) is 39.4 Å². The molecule has 1 aliphatic rings. The molecule has 0 radical (unpaired) electrons. The average Bonchev–Trinajstić information content (AvgIpc) is 2.47. The van der Waals surface area contributed by atoms with Gasteiger partial charge < -0.3 is 15.4 Å². The van der Waals surface area contributed by atoms with Crippen LogP contribution in [0.4, 0.5) is 5.95 Å². The summed E-state index contributed by atoms with van der Waals surface area (Å²) in [4.78, 5) is 22.8. The number of amides is 1. The summed E-state index contributed by atoms with van der Waals surface area (Å²) in [6.45, 7) is 11.0. The molecule has 0 bridgehead atoms. The van der Waals surface area contributed by atoms with Crippen molar-refractivity contribution in [2.75, 3.05) is 44.7 Å². The Kier molecular flexibility index (Phi) is 5.68. The van der Waals surface area contributed by atoms with Crippen molar-refractivity contribution >= 4 is 11.9 Å². The number of carbonyl (C=O) groups is 1. The number of hydrogen-bond acceptors (Lipinski definition) is 6. The van der Waals surface area contributed by atoms with Gasteiger partial charge in [-0.3, -0.25) is 9.69 Å². The van der Waals surface area contributed by atoms with E-state index in [4.69, 9.17) is 4.74 Å². The van der Waals surface area contributed by atoms with Gasteiger partial charge in [0.15, 0.2) is 0 Å². The van der Waals surface area contributed by atoms with Gasteiger partial charge in [-0.25, -0.2) is 9.97 Å². The van der Waals surface area contributed by atoms with Gasteiger partial charge >= 0.3 is 0 Å². The number of anilines is 1. The van der Waals surface area contributed by atoms with Gasteiger partial charge in [0, 0.05) is 37.9 Å². The fourth-order valence-electron chi connectivity index (χ4n) is 2.13. The first-order chi connectivity index (χ1) is 10.4. The minimum Gasteiger partial charge on any atom is -0.379 e. The molecule has 0 aromatic carbocycles. The summed E-state index contributed by atoms with van der Waals surface area (Å²) < 4.78 is 5.31. The highest BCUT2D eigenvalue weighted by Crippen LogP contribution is 2.05. The Bertz CT molecular complexity index is 495. The number of hydrogen-bond donors (Lipinski definition) is 2. The van der Waals surface area contributed by atoms with Gasteiger partial charge in [-0.2, -0.15) is 0 Å². The number of nitrogens with zero attached hydrogens (tertiary/aromatic N) is 3. The molecule has 2 heterocycles. The molecule has 2 rings (SSSR count). The van der Waals surface area contributed by atoms with E-state index in [9.17, 15) is 4.79 Å². The van der Waals surface area contributed by atoms with E-state index in [1.54, 1.807) is 12.3 Å². The number of rotatable bonds is 5. The van der Waals surface area contributed by atoms with Crippen molar-refractivity contribution in [2.45, 2.75) is 26.3 Å². The Hall–Kier alpha value is -1.73. The van der Waals surface area contributed by atoms with E-state index in [1.807, 2.05) is 20.8 Å². The summed E-state index contributed by atoms with van der Waals surface area (Å²) in [5, 5.41) is 6.06. The lowest BCUT2D eigenvalue weighted by Gasteiger charge is -2.26. The van der Waals surface area contributed by atoms with E-state index < -0.39 is 0 Å². The zero-order chi connectivity index (χ0) is 16.0. The zero-order valence-electron chi connectivity index (χ0n) is 13.6. The van der Waals surface area contributed by atoms with Crippen molar-refractivity contribution in [3.05, 3.63) is 18.0 Å². The van der Waals surface area contributed by atoms with Gasteiger partial charge in [0.1, 0.15) is 5.69 Å². The SMILES string of the molecule is CC(C)(C)NC(=O)c1ccnc(NCCN2CCOCC2)n1. The number of morpholine rings is 1. The standard InChI is InChI=1S/C15H25N5O2/c1-15(2,3)19-13(21)12-4-5-16-14(18-12)17-6-7-20-8-10-22-11-9-20/h4-5H,6-11H2,1-3H3,(H,19,21)(H,16,17,18). The van der Waals surface area contributed by atoms with Crippen molar-refractivity contribution in [3.63, 3.8) is 0 Å². The summed E-state index contributed by atoms with van der Waals surface area (Å²) in [5.41, 5.74) is 0.0881. The van der Waals surface area contributed by atoms with Crippen LogP contribution in [0.1, 0.15) is 31.3 Å². The monoisotopic (exact) mass is 307 g/mol. The molecule has 122 valence electrons. The van der Waals surface area contributed by atoms with Crippen molar-refractivity contribution in [2.24, 2.45) is 0 Å². The molecule has 7 nitrogen and oxygen atoms in total. The van der Waals surface area contributed by atoms with Crippen LogP contribution in [0.15, 0.2) is 12.3 Å². The first kappa shape index (κ1) is 16.6. The van der Waals surface area contributed by atoms with Crippen LogP contribution in [0, 0.1) is 0 Å². The molecule has 1 amide bonds. The molecule has 1 fully saturated rings. The lowest BCUT2D eigenvalue weighted by atomic mass is 10.1. The molecule has 0 unspecified atom stereocenters. The maximum absolute atomic E-state index is 12.1. The van der Waals surface area contributed by atoms with Crippen LogP contribution in [0.25, 0.3) is 0 Å². The van der Waals surface area contributed by atoms with Crippen LogP contribution in [-0.2, 0) is 4.74 Å². The number of ether oxygens (including phenoxy) is 1. The third-order valence-electron chi connectivity index (χ3n) is 3.19. The maximum atomic E-state index is 12.1. The third-order valence-corrected chi connectivity index (χ3v) is 3.19. The molecule has 0 spiro atoms. The smallest absolute Gasteiger partial charge is 0.270 e. The lowest BCUT2D eigenvalue weighted by molar-refractivity contribution is 0.0398. The predicted octanol–water partition coefficient (Wildman–Crippen LogP) is 0.749. The summed E-state index contributed by atoms with van der Waals surface area (Å²) >= 11 is 0. The minimum absolute atomic E-state index is 0.189. The Balaban J connectivity index is 1.84. The van der Waals surface area contributed by atoms with Crippen molar-refractivity contribution in [1.82, 2.24) is 20.2 Å². The zero-order valence-corrected chi connectivity index (χ0v) is 13.6. The Morgan fingerprint density at radius 2 is 2.09 bits per heavy atom. The van der Waals surface area contributed by atoms with Crippen LogP contribution in [0.3, 0.4) is 0 Å². The Morgan fingerprint density at radius 1 is 1.36 bits per heavy atom. The van der Waals surface area contributed by atoms with E-state index in [-0.39, 0.29) is 11.4 Å². The maximum Gasteiger partial charge on any atom is 0.270 e. The second-order valence-corrected chi connectivity index (χ2v) is 6.35. The molecular weight excluding hydrogens is 282 g/mol. The molecule has 0 saturated carbocycles. The van der Waals surface area contributed by atoms with Crippen molar-refractivity contribution in [1.29, 1.82) is 0 Å². The van der Waals surface area contributed by atoms with Crippen LogP contribution >= 0.6 is 0 Å². The minimum atomic E-state index is -0.286. The molecule has 7 heteroatoms. The van der Waals surface area contributed by atoms with Crippen molar-refractivity contribution in [3.8, 4) is 0 Å². The van der Waals surface area contributed by atoms with Crippen LogP contribution in [-0.4, -0.2) is 65.7 Å². The van der Waals surface area contributed by atoms with Gasteiger partial charge in [0.05, 0.1) is 13.2 Å². The normalized spacial score (nSPS) is 16.3. The largest absolute Gasteiger partial charge is 0.379 e. The summed E-state index contributed by atoms with van der Waals surface area (Å²) in [5.74, 6) is 0.293. The summed E-state index contributed by atoms with van der Waals surface area (Å²) in [7, 11) is 0. The van der Waals surface area contributed by atoms with Gasteiger partial charge in [0.25, 0.3) is 5.91 Å². The highest BCUT2D eigenvalue weighted by molar-refractivity contribution is 5.92. The molecule has 1 saturated heterocycles. The van der Waals surface area contributed by atoms with Crippen LogP contribution < -0.4 is 10.6 Å². The molecule has 0 aliphatic carbocycles. The van der Waals surface area contributed by atoms with Crippen LogP contribution in [0.5, 0.6) is 0 Å². The summed E-state index contributed by atoms with van der Waals surface area (Å²) in [6, 6.07) is 1.62. The summed E-state index contributed by atoms with van der Waals surface area (Å²) in [6.07, 6.45) is 1.60. The fraction of sp³-hybridized carbons (Fsp3) is 0.667. The number of carbonyl (C=O) groups excluding carboxylic acids is 1. The van der Waals surface area contributed by atoms with Gasteiger partial charge in [-0.05, 0) is 26.8 Å². The molecule has 1 aliphatic heterocycles. The van der Waals surface area contributed by atoms with Crippen molar-refractivity contribution < 1.29 is 9.53 Å². The second-order valence-electron chi connectivity index (χ2n) is 6.35. The fourth-order valence-corrected chi connectivity index (χ4v) is 2.13. The molecular formula is C15H25N5O2. The Morgan fingerprint density at radius 3 is 2.77 bits per heavy atom. The molecule has 22 heavy (non-hydrogen) atoms. The quantitative estimate of drug-likeness (QED) is 0.836. The van der Waals surface area contributed by atoms with E-state index in [1.165, 1.54) is 0 Å². The highest BCUT2D eigenvalue weighted by Gasteiger charge is 2.16. The lowest BCUT2D eigenvalue weighted by Crippen LogP contribution is -2.41. The molecule has 0 atom stereocenters. The second kappa shape index (κ2) is 7.51.